The van der Waals surface area contributed by atoms with Crippen molar-refractivity contribution in [1.82, 2.24) is 0 Å². The minimum atomic E-state index is -0.753. The van der Waals surface area contributed by atoms with Crippen molar-refractivity contribution in [2.45, 2.75) is 6.92 Å². The lowest BCUT2D eigenvalue weighted by molar-refractivity contribution is -0.123. The molecule has 2 rings (SSSR count). The lowest BCUT2D eigenvalue weighted by atomic mass is 10.1. The summed E-state index contributed by atoms with van der Waals surface area (Å²) in [5, 5.41) is 5.32. The second kappa shape index (κ2) is 4.37. The first-order valence-electron chi connectivity index (χ1n) is 5.16. The van der Waals surface area contributed by atoms with Gasteiger partial charge >= 0.3 is 0 Å². The molecule has 0 saturated heterocycles. The molecule has 1 aromatic carbocycles. The van der Waals surface area contributed by atoms with Crippen molar-refractivity contribution >= 4 is 23.6 Å². The van der Waals surface area contributed by atoms with Crippen LogP contribution in [0.3, 0.4) is 0 Å². The standard InChI is InChI=1S/C12H12N2O3/c1-8-11(7-15)12(16)14(13-8)9-3-5-10(17-2)6-4-9/h3-7,11H,1-2H3. The Labute approximate surface area is 98.7 Å². The number of ether oxygens (including phenoxy) is 1. The maximum Gasteiger partial charge on any atom is 0.263 e. The number of hydrazone groups is 1. The van der Waals surface area contributed by atoms with Crippen LogP contribution in [0.5, 0.6) is 5.75 Å². The number of rotatable bonds is 3. The van der Waals surface area contributed by atoms with Gasteiger partial charge < -0.3 is 9.53 Å². The number of methoxy groups -OCH3 is 1. The highest BCUT2D eigenvalue weighted by Gasteiger charge is 2.33. The van der Waals surface area contributed by atoms with Crippen LogP contribution in [-0.4, -0.2) is 25.0 Å². The first kappa shape index (κ1) is 11.3. The Morgan fingerprint density at radius 1 is 1.35 bits per heavy atom. The van der Waals surface area contributed by atoms with E-state index in [4.69, 9.17) is 4.74 Å². The minimum absolute atomic E-state index is 0.317. The molecule has 0 radical (unpaired) electrons. The van der Waals surface area contributed by atoms with Gasteiger partial charge in [-0.05, 0) is 31.2 Å². The van der Waals surface area contributed by atoms with Crippen LogP contribution < -0.4 is 9.75 Å². The van der Waals surface area contributed by atoms with E-state index in [1.54, 1.807) is 38.3 Å². The smallest absolute Gasteiger partial charge is 0.263 e. The Morgan fingerprint density at radius 2 is 2.00 bits per heavy atom. The lowest BCUT2D eigenvalue weighted by Gasteiger charge is -2.12. The predicted octanol–water partition coefficient (Wildman–Crippen LogP) is 1.23. The Hall–Kier alpha value is -2.17. The Bertz CT molecular complexity index is 479. The van der Waals surface area contributed by atoms with E-state index in [0.29, 0.717) is 23.4 Å². The maximum atomic E-state index is 11.9. The molecular weight excluding hydrogens is 220 g/mol. The molecule has 0 bridgehead atoms. The van der Waals surface area contributed by atoms with Crippen molar-refractivity contribution in [2.24, 2.45) is 11.0 Å². The molecule has 1 atom stereocenters. The Kier molecular flexibility index (Phi) is 2.91. The van der Waals surface area contributed by atoms with Gasteiger partial charge in [-0.3, -0.25) is 4.79 Å². The quantitative estimate of drug-likeness (QED) is 0.581. The molecule has 5 nitrogen and oxygen atoms in total. The van der Waals surface area contributed by atoms with Gasteiger partial charge in [0, 0.05) is 0 Å². The molecule has 0 N–H and O–H groups in total. The summed E-state index contributed by atoms with van der Waals surface area (Å²) in [7, 11) is 1.57. The van der Waals surface area contributed by atoms with Crippen LogP contribution in [0.15, 0.2) is 29.4 Å². The third-order valence-electron chi connectivity index (χ3n) is 2.64. The summed E-state index contributed by atoms with van der Waals surface area (Å²) in [4.78, 5) is 22.6. The number of hydrogen-bond donors (Lipinski definition) is 0. The molecule has 0 aromatic heterocycles. The van der Waals surface area contributed by atoms with Crippen molar-refractivity contribution in [1.29, 1.82) is 0 Å². The number of anilines is 1. The molecule has 1 heterocycles. The molecule has 1 aliphatic heterocycles. The second-order valence-electron chi connectivity index (χ2n) is 3.70. The van der Waals surface area contributed by atoms with Crippen LogP contribution in [0.25, 0.3) is 0 Å². The van der Waals surface area contributed by atoms with E-state index in [1.807, 2.05) is 0 Å². The summed E-state index contributed by atoms with van der Waals surface area (Å²) in [6, 6.07) is 6.92. The van der Waals surface area contributed by atoms with E-state index in [1.165, 1.54) is 5.01 Å². The van der Waals surface area contributed by atoms with Crippen LogP contribution in [-0.2, 0) is 9.59 Å². The highest BCUT2D eigenvalue weighted by atomic mass is 16.5. The van der Waals surface area contributed by atoms with Crippen LogP contribution >= 0.6 is 0 Å². The van der Waals surface area contributed by atoms with Gasteiger partial charge in [0.05, 0.1) is 18.5 Å². The van der Waals surface area contributed by atoms with Gasteiger partial charge in [-0.2, -0.15) is 10.1 Å². The number of nitrogens with zero attached hydrogens (tertiary/aromatic N) is 2. The monoisotopic (exact) mass is 232 g/mol. The molecule has 0 aliphatic carbocycles. The molecule has 0 spiro atoms. The molecule has 5 heteroatoms. The number of aldehydes is 1. The summed E-state index contributed by atoms with van der Waals surface area (Å²) in [6.45, 7) is 1.67. The van der Waals surface area contributed by atoms with Crippen LogP contribution in [0.4, 0.5) is 5.69 Å². The number of benzene rings is 1. The Morgan fingerprint density at radius 3 is 2.47 bits per heavy atom. The summed E-state index contributed by atoms with van der Waals surface area (Å²) in [6.07, 6.45) is 0.616. The molecule has 1 aliphatic rings. The van der Waals surface area contributed by atoms with E-state index >= 15 is 0 Å². The first-order valence-corrected chi connectivity index (χ1v) is 5.16. The van der Waals surface area contributed by atoms with Gasteiger partial charge in [-0.25, -0.2) is 0 Å². The van der Waals surface area contributed by atoms with Crippen LogP contribution in [0.2, 0.25) is 0 Å². The Balaban J connectivity index is 2.29. The molecule has 0 saturated carbocycles. The summed E-state index contributed by atoms with van der Waals surface area (Å²) in [5.74, 6) is -0.368. The number of carbonyl (C=O) groups excluding carboxylic acids is 2. The predicted molar refractivity (Wildman–Crippen MR) is 63.1 cm³/mol. The summed E-state index contributed by atoms with van der Waals surface area (Å²) in [5.41, 5.74) is 1.14. The first-order chi connectivity index (χ1) is 8.17. The molecule has 17 heavy (non-hydrogen) atoms. The van der Waals surface area contributed by atoms with E-state index in [2.05, 4.69) is 5.10 Å². The zero-order valence-electron chi connectivity index (χ0n) is 9.58. The van der Waals surface area contributed by atoms with Crippen LogP contribution in [0.1, 0.15) is 6.92 Å². The number of amides is 1. The fraction of sp³-hybridized carbons (Fsp3) is 0.250. The van der Waals surface area contributed by atoms with Crippen molar-refractivity contribution < 1.29 is 14.3 Å². The average Bonchev–Trinajstić information content (AvgIpc) is 2.64. The summed E-state index contributed by atoms with van der Waals surface area (Å²) < 4.78 is 5.03. The van der Waals surface area contributed by atoms with E-state index in [0.717, 1.165) is 0 Å². The zero-order valence-corrected chi connectivity index (χ0v) is 9.58. The molecular formula is C12H12N2O3. The van der Waals surface area contributed by atoms with Gasteiger partial charge in [0.1, 0.15) is 18.0 Å². The summed E-state index contributed by atoms with van der Waals surface area (Å²) >= 11 is 0. The third-order valence-corrected chi connectivity index (χ3v) is 2.64. The van der Waals surface area contributed by atoms with Gasteiger partial charge in [-0.1, -0.05) is 0 Å². The van der Waals surface area contributed by atoms with Gasteiger partial charge in [0.15, 0.2) is 0 Å². The van der Waals surface area contributed by atoms with E-state index in [9.17, 15) is 9.59 Å². The lowest BCUT2D eigenvalue weighted by Crippen LogP contribution is -2.27. The van der Waals surface area contributed by atoms with Crippen molar-refractivity contribution in [3.05, 3.63) is 24.3 Å². The maximum absolute atomic E-state index is 11.9. The fourth-order valence-corrected chi connectivity index (χ4v) is 1.64. The highest BCUT2D eigenvalue weighted by Crippen LogP contribution is 2.24. The van der Waals surface area contributed by atoms with Gasteiger partial charge in [-0.15, -0.1) is 0 Å². The SMILES string of the molecule is COc1ccc(N2N=C(C)C(C=O)C2=O)cc1. The topological polar surface area (TPSA) is 59.0 Å². The third kappa shape index (κ3) is 1.91. The molecule has 1 amide bonds. The second-order valence-corrected chi connectivity index (χ2v) is 3.70. The average molecular weight is 232 g/mol. The van der Waals surface area contributed by atoms with Crippen molar-refractivity contribution in [2.75, 3.05) is 12.1 Å². The number of carbonyl (C=O) groups is 2. The molecule has 88 valence electrons. The molecule has 1 aromatic rings. The van der Waals surface area contributed by atoms with Crippen molar-refractivity contribution in [3.63, 3.8) is 0 Å². The van der Waals surface area contributed by atoms with E-state index in [-0.39, 0.29) is 5.91 Å². The zero-order chi connectivity index (χ0) is 12.4. The minimum Gasteiger partial charge on any atom is -0.497 e. The fourth-order valence-electron chi connectivity index (χ4n) is 1.64. The number of hydrogen-bond acceptors (Lipinski definition) is 4. The van der Waals surface area contributed by atoms with Gasteiger partial charge in [0.25, 0.3) is 5.91 Å². The van der Waals surface area contributed by atoms with Gasteiger partial charge in [0.2, 0.25) is 0 Å². The van der Waals surface area contributed by atoms with Crippen molar-refractivity contribution in [3.8, 4) is 5.75 Å². The molecule has 0 fully saturated rings. The highest BCUT2D eigenvalue weighted by molar-refractivity contribution is 6.22. The normalized spacial score (nSPS) is 19.2. The van der Waals surface area contributed by atoms with E-state index < -0.39 is 5.92 Å². The largest absolute Gasteiger partial charge is 0.497 e. The molecule has 1 unspecified atom stereocenters. The van der Waals surface area contributed by atoms with Crippen LogP contribution in [0, 0.1) is 5.92 Å².